The van der Waals surface area contributed by atoms with Crippen molar-refractivity contribution < 1.29 is 8.78 Å². The molecule has 0 radical (unpaired) electrons. The van der Waals surface area contributed by atoms with Gasteiger partial charge in [0.15, 0.2) is 0 Å². The van der Waals surface area contributed by atoms with Gasteiger partial charge in [-0.25, -0.2) is 13.8 Å². The molecule has 1 aromatic heterocycles. The van der Waals surface area contributed by atoms with Crippen molar-refractivity contribution >= 4 is 23.2 Å². The summed E-state index contributed by atoms with van der Waals surface area (Å²) in [6.07, 6.45) is -1.27. The van der Waals surface area contributed by atoms with E-state index in [0.717, 1.165) is 0 Å². The first-order valence-electron chi connectivity index (χ1n) is 3.14. The number of hydrogen-bond acceptors (Lipinski definition) is 1. The predicted molar refractivity (Wildman–Crippen MR) is 43.8 cm³/mol. The van der Waals surface area contributed by atoms with E-state index in [2.05, 4.69) is 4.98 Å². The molecule has 0 aliphatic carbocycles. The molecule has 0 saturated heterocycles. The largest absolute Gasteiger partial charge is 0.267 e. The van der Waals surface area contributed by atoms with Gasteiger partial charge >= 0.3 is 0 Å². The Morgan fingerprint density at radius 2 is 2.17 bits per heavy atom. The highest BCUT2D eigenvalue weighted by Gasteiger charge is 2.16. The van der Waals surface area contributed by atoms with Gasteiger partial charge in [0.1, 0.15) is 5.15 Å². The smallest absolute Gasteiger partial charge is 0.244 e. The van der Waals surface area contributed by atoms with Crippen LogP contribution in [0.15, 0.2) is 12.3 Å². The molecular formula is C7H5Cl2F2N. The molecule has 0 N–H and O–H groups in total. The van der Waals surface area contributed by atoms with Crippen LogP contribution in [0, 0.1) is 0 Å². The van der Waals surface area contributed by atoms with Gasteiger partial charge < -0.3 is 0 Å². The topological polar surface area (TPSA) is 12.9 Å². The molecule has 0 unspecified atom stereocenters. The number of pyridine rings is 1. The van der Waals surface area contributed by atoms with Gasteiger partial charge in [-0.3, -0.25) is 0 Å². The van der Waals surface area contributed by atoms with Gasteiger partial charge in [0.05, 0.1) is 5.56 Å². The van der Waals surface area contributed by atoms with Crippen LogP contribution in [0.25, 0.3) is 0 Å². The molecule has 1 aromatic rings. The third kappa shape index (κ3) is 1.84. The first-order chi connectivity index (χ1) is 5.66. The third-order valence-electron chi connectivity index (χ3n) is 1.39. The number of aromatic nitrogens is 1. The van der Waals surface area contributed by atoms with Crippen molar-refractivity contribution in [2.75, 3.05) is 0 Å². The van der Waals surface area contributed by atoms with E-state index in [0.29, 0.717) is 5.56 Å². The second kappa shape index (κ2) is 4.01. The number of nitrogens with zero attached hydrogens (tertiary/aromatic N) is 1. The van der Waals surface area contributed by atoms with Crippen molar-refractivity contribution in [3.8, 4) is 0 Å². The van der Waals surface area contributed by atoms with Crippen LogP contribution in [0.4, 0.5) is 8.78 Å². The van der Waals surface area contributed by atoms with E-state index in [4.69, 9.17) is 23.2 Å². The van der Waals surface area contributed by atoms with Crippen molar-refractivity contribution in [3.05, 3.63) is 28.5 Å². The Morgan fingerprint density at radius 1 is 1.50 bits per heavy atom. The van der Waals surface area contributed by atoms with Crippen LogP contribution in [0.3, 0.4) is 0 Å². The molecule has 0 spiro atoms. The fourth-order valence-corrected chi connectivity index (χ4v) is 1.32. The molecule has 5 heteroatoms. The molecule has 0 amide bonds. The summed E-state index contributed by atoms with van der Waals surface area (Å²) in [6, 6.07) is 1.43. The van der Waals surface area contributed by atoms with Crippen LogP contribution in [0.1, 0.15) is 17.6 Å². The first kappa shape index (κ1) is 9.68. The van der Waals surface area contributed by atoms with Crippen molar-refractivity contribution in [2.24, 2.45) is 0 Å². The minimum Gasteiger partial charge on any atom is -0.244 e. The maximum absolute atomic E-state index is 12.3. The highest BCUT2D eigenvalue weighted by molar-refractivity contribution is 6.30. The van der Waals surface area contributed by atoms with E-state index in [1.807, 2.05) is 0 Å². The summed E-state index contributed by atoms with van der Waals surface area (Å²) >= 11 is 10.9. The molecule has 0 fully saturated rings. The predicted octanol–water partition coefficient (Wildman–Crippen LogP) is 3.41. The molecular weight excluding hydrogens is 207 g/mol. The quantitative estimate of drug-likeness (QED) is 0.540. The monoisotopic (exact) mass is 211 g/mol. The zero-order valence-corrected chi connectivity index (χ0v) is 7.41. The summed E-state index contributed by atoms with van der Waals surface area (Å²) in [5.41, 5.74) is 0.0563. The lowest BCUT2D eigenvalue weighted by molar-refractivity contribution is 0.150. The van der Waals surface area contributed by atoms with Gasteiger partial charge in [0.25, 0.3) is 6.43 Å². The summed E-state index contributed by atoms with van der Waals surface area (Å²) in [5.74, 6) is 0.0158. The average molecular weight is 212 g/mol. The molecule has 1 nitrogen and oxygen atoms in total. The summed E-state index contributed by atoms with van der Waals surface area (Å²) in [6.45, 7) is 0. The molecule has 0 bridgehead atoms. The maximum Gasteiger partial charge on any atom is 0.267 e. The molecule has 0 aromatic carbocycles. The van der Waals surface area contributed by atoms with Gasteiger partial charge in [-0.05, 0) is 11.6 Å². The molecule has 0 aliphatic heterocycles. The van der Waals surface area contributed by atoms with Gasteiger partial charge in [0.2, 0.25) is 0 Å². The van der Waals surface area contributed by atoms with Crippen LogP contribution < -0.4 is 0 Å². The maximum atomic E-state index is 12.3. The van der Waals surface area contributed by atoms with Crippen molar-refractivity contribution in [3.63, 3.8) is 0 Å². The lowest BCUT2D eigenvalue weighted by Crippen LogP contribution is -1.95. The minimum absolute atomic E-state index is 0.0158. The van der Waals surface area contributed by atoms with E-state index in [1.54, 1.807) is 0 Å². The van der Waals surface area contributed by atoms with Crippen LogP contribution in [0.2, 0.25) is 5.15 Å². The molecule has 66 valence electrons. The molecule has 12 heavy (non-hydrogen) atoms. The zero-order valence-electron chi connectivity index (χ0n) is 5.90. The molecule has 0 atom stereocenters. The van der Waals surface area contributed by atoms with E-state index >= 15 is 0 Å². The number of rotatable bonds is 2. The van der Waals surface area contributed by atoms with Crippen molar-refractivity contribution in [1.82, 2.24) is 4.98 Å². The Hall–Kier alpha value is -0.410. The highest BCUT2D eigenvalue weighted by Crippen LogP contribution is 2.29. The second-order valence-corrected chi connectivity index (χ2v) is 2.73. The fourth-order valence-electron chi connectivity index (χ4n) is 0.831. The van der Waals surface area contributed by atoms with Crippen molar-refractivity contribution in [1.29, 1.82) is 0 Å². The molecule has 1 heterocycles. The van der Waals surface area contributed by atoms with E-state index in [-0.39, 0.29) is 16.6 Å². The molecule has 0 aliphatic rings. The lowest BCUT2D eigenvalue weighted by atomic mass is 10.2. The number of alkyl halides is 3. The zero-order chi connectivity index (χ0) is 9.14. The summed E-state index contributed by atoms with van der Waals surface area (Å²) in [5, 5.41) is -0.178. The van der Waals surface area contributed by atoms with E-state index in [9.17, 15) is 8.78 Å². The fraction of sp³-hybridized carbons (Fsp3) is 0.286. The van der Waals surface area contributed by atoms with Gasteiger partial charge in [-0.2, -0.15) is 0 Å². The standard InChI is InChI=1S/C7H5Cl2F2N/c8-3-4-1-2-12-6(9)5(4)7(10)11/h1-2,7H,3H2. The summed E-state index contributed by atoms with van der Waals surface area (Å²) in [7, 11) is 0. The Balaban J connectivity index is 3.20. The highest BCUT2D eigenvalue weighted by atomic mass is 35.5. The van der Waals surface area contributed by atoms with Crippen LogP contribution in [-0.4, -0.2) is 4.98 Å². The van der Waals surface area contributed by atoms with Gasteiger partial charge in [0, 0.05) is 12.1 Å². The molecule has 1 rings (SSSR count). The Bertz CT molecular complexity index is 278. The van der Waals surface area contributed by atoms with Gasteiger partial charge in [-0.15, -0.1) is 11.6 Å². The van der Waals surface area contributed by atoms with Crippen molar-refractivity contribution in [2.45, 2.75) is 12.3 Å². The Labute approximate surface area is 78.3 Å². The first-order valence-corrected chi connectivity index (χ1v) is 4.05. The van der Waals surface area contributed by atoms with Gasteiger partial charge in [-0.1, -0.05) is 11.6 Å². The van der Waals surface area contributed by atoms with Crippen LogP contribution in [-0.2, 0) is 5.88 Å². The average Bonchev–Trinajstić information content (AvgIpc) is 2.03. The van der Waals surface area contributed by atoms with E-state index < -0.39 is 6.43 Å². The summed E-state index contributed by atoms with van der Waals surface area (Å²) in [4.78, 5) is 3.54. The SMILES string of the molecule is FC(F)c1c(CCl)ccnc1Cl. The number of halogens is 4. The van der Waals surface area contributed by atoms with E-state index in [1.165, 1.54) is 12.3 Å². The lowest BCUT2D eigenvalue weighted by Gasteiger charge is -2.06. The minimum atomic E-state index is -2.63. The number of hydrogen-bond donors (Lipinski definition) is 0. The Kier molecular flexibility index (Phi) is 3.23. The van der Waals surface area contributed by atoms with Crippen LogP contribution in [0.5, 0.6) is 0 Å². The molecule has 0 saturated carbocycles. The normalized spacial score (nSPS) is 10.8. The summed E-state index contributed by atoms with van der Waals surface area (Å²) < 4.78 is 24.6. The second-order valence-electron chi connectivity index (χ2n) is 2.11. The third-order valence-corrected chi connectivity index (χ3v) is 1.98. The Morgan fingerprint density at radius 3 is 2.58 bits per heavy atom. The van der Waals surface area contributed by atoms with Crippen LogP contribution >= 0.6 is 23.2 Å².